The van der Waals surface area contributed by atoms with Gasteiger partial charge in [0.05, 0.1) is 0 Å². The number of unbranched alkanes of at least 4 members (excludes halogenated alkanes) is 9. The van der Waals surface area contributed by atoms with Gasteiger partial charge in [0, 0.05) is 24.8 Å². The largest absolute Gasteiger partial charge is 0.367 e. The number of hydrogen-bond donors (Lipinski definition) is 2. The van der Waals surface area contributed by atoms with Gasteiger partial charge in [-0.2, -0.15) is 0 Å². The average Bonchev–Trinajstić information content (AvgIpc) is 3.30. The van der Waals surface area contributed by atoms with Gasteiger partial charge in [-0.15, -0.1) is 0 Å². The molecule has 2 heteroatoms. The van der Waals surface area contributed by atoms with E-state index in [4.69, 9.17) is 0 Å². The molecule has 0 aliphatic carbocycles. The number of aromatic amines is 2. The van der Waals surface area contributed by atoms with Gasteiger partial charge in [-0.25, -0.2) is 0 Å². The monoisotopic (exact) mass is 330 g/mol. The summed E-state index contributed by atoms with van der Waals surface area (Å²) in [7, 11) is 0. The van der Waals surface area contributed by atoms with E-state index >= 15 is 0 Å². The number of hydrogen-bond acceptors (Lipinski definition) is 0. The molecule has 136 valence electrons. The Labute approximate surface area is 149 Å². The average molecular weight is 331 g/mol. The number of H-pyrrole nitrogens is 2. The van der Waals surface area contributed by atoms with Gasteiger partial charge in [0.15, 0.2) is 0 Å². The minimum Gasteiger partial charge on any atom is -0.367 e. The summed E-state index contributed by atoms with van der Waals surface area (Å²) in [4.78, 5) is 6.10. The minimum atomic E-state index is 1.13. The van der Waals surface area contributed by atoms with E-state index in [9.17, 15) is 0 Å². The fraction of sp³-hybridized carbons (Fsp3) is 0.636. The maximum atomic E-state index is 3.12. The highest BCUT2D eigenvalue weighted by Crippen LogP contribution is 2.12. The van der Waals surface area contributed by atoms with E-state index in [1.54, 1.807) is 0 Å². The maximum absolute atomic E-state index is 3.12. The van der Waals surface area contributed by atoms with Crippen molar-refractivity contribution in [3.8, 4) is 0 Å². The van der Waals surface area contributed by atoms with Crippen molar-refractivity contribution in [3.05, 3.63) is 48.0 Å². The molecule has 2 rings (SSSR count). The molecule has 0 aliphatic heterocycles. The molecule has 0 aliphatic rings. The van der Waals surface area contributed by atoms with Crippen LogP contribution in [0.4, 0.5) is 0 Å². The van der Waals surface area contributed by atoms with Crippen LogP contribution in [0.2, 0.25) is 0 Å². The van der Waals surface area contributed by atoms with Crippen LogP contribution in [0.5, 0.6) is 0 Å². The van der Waals surface area contributed by atoms with Gasteiger partial charge in [0.2, 0.25) is 0 Å². The Bertz CT molecular complexity index is 442. The fourth-order valence-electron chi connectivity index (χ4n) is 2.91. The Morgan fingerprint density at radius 2 is 1.12 bits per heavy atom. The van der Waals surface area contributed by atoms with Crippen LogP contribution in [0.3, 0.4) is 0 Å². The summed E-state index contributed by atoms with van der Waals surface area (Å²) >= 11 is 0. The van der Waals surface area contributed by atoms with Crippen LogP contribution in [0.1, 0.15) is 89.2 Å². The molecular weight excluding hydrogens is 292 g/mol. The molecule has 2 nitrogen and oxygen atoms in total. The van der Waals surface area contributed by atoms with E-state index in [1.807, 2.05) is 18.6 Å². The van der Waals surface area contributed by atoms with Crippen molar-refractivity contribution in [1.29, 1.82) is 0 Å². The van der Waals surface area contributed by atoms with Gasteiger partial charge in [-0.05, 0) is 42.5 Å². The third-order valence-electron chi connectivity index (χ3n) is 4.55. The zero-order valence-corrected chi connectivity index (χ0v) is 15.9. The normalized spacial score (nSPS) is 10.4. The zero-order valence-electron chi connectivity index (χ0n) is 15.9. The Hall–Kier alpha value is -1.44. The van der Waals surface area contributed by atoms with E-state index in [1.165, 1.54) is 81.8 Å². The summed E-state index contributed by atoms with van der Waals surface area (Å²) in [6, 6.07) is 4.27. The van der Waals surface area contributed by atoms with Crippen molar-refractivity contribution in [2.24, 2.45) is 0 Å². The van der Waals surface area contributed by atoms with E-state index in [0.717, 1.165) is 6.42 Å². The first-order chi connectivity index (χ1) is 11.9. The maximum Gasteiger partial charge on any atom is 0.00373 e. The molecule has 0 saturated carbocycles. The van der Waals surface area contributed by atoms with Crippen molar-refractivity contribution < 1.29 is 0 Å². The lowest BCUT2D eigenvalue weighted by atomic mass is 10.0. The first kappa shape index (κ1) is 20.6. The first-order valence-corrected chi connectivity index (χ1v) is 10.1. The zero-order chi connectivity index (χ0) is 17.3. The van der Waals surface area contributed by atoms with Crippen LogP contribution in [-0.4, -0.2) is 9.97 Å². The van der Waals surface area contributed by atoms with Crippen LogP contribution in [0.25, 0.3) is 0 Å². The summed E-state index contributed by atoms with van der Waals surface area (Å²) in [5, 5.41) is 0. The Morgan fingerprint density at radius 3 is 1.54 bits per heavy atom. The third-order valence-corrected chi connectivity index (χ3v) is 4.55. The summed E-state index contributed by atoms with van der Waals surface area (Å²) in [6.07, 6.45) is 24.7. The summed E-state index contributed by atoms with van der Waals surface area (Å²) in [5.74, 6) is 0. The highest BCUT2D eigenvalue weighted by Gasteiger charge is 1.94. The van der Waals surface area contributed by atoms with Crippen molar-refractivity contribution in [1.82, 2.24) is 9.97 Å². The SMILES string of the molecule is CCCCCCCCCCCCc1cc[nH]c1.CCc1cc[nH]c1. The fourth-order valence-corrected chi connectivity index (χ4v) is 2.91. The van der Waals surface area contributed by atoms with E-state index < -0.39 is 0 Å². The van der Waals surface area contributed by atoms with Crippen LogP contribution in [-0.2, 0) is 12.8 Å². The van der Waals surface area contributed by atoms with Gasteiger partial charge in [-0.1, -0.05) is 71.6 Å². The topological polar surface area (TPSA) is 31.6 Å². The smallest absolute Gasteiger partial charge is 0.00373 e. The summed E-state index contributed by atoms with van der Waals surface area (Å²) in [6.45, 7) is 4.42. The lowest BCUT2D eigenvalue weighted by Gasteiger charge is -2.01. The Morgan fingerprint density at radius 1 is 0.625 bits per heavy atom. The second kappa shape index (κ2) is 15.1. The van der Waals surface area contributed by atoms with Crippen LogP contribution >= 0.6 is 0 Å². The van der Waals surface area contributed by atoms with Gasteiger partial charge in [0.1, 0.15) is 0 Å². The number of aryl methyl sites for hydroxylation is 2. The molecule has 2 heterocycles. The number of aromatic nitrogens is 2. The molecule has 0 saturated heterocycles. The van der Waals surface area contributed by atoms with Crippen molar-refractivity contribution in [3.63, 3.8) is 0 Å². The van der Waals surface area contributed by atoms with Crippen LogP contribution in [0.15, 0.2) is 36.9 Å². The molecule has 0 spiro atoms. The summed E-state index contributed by atoms with van der Waals surface area (Å²) in [5.41, 5.74) is 2.84. The molecule has 2 N–H and O–H groups in total. The van der Waals surface area contributed by atoms with Gasteiger partial charge in [0.25, 0.3) is 0 Å². The van der Waals surface area contributed by atoms with Crippen molar-refractivity contribution in [2.75, 3.05) is 0 Å². The lowest BCUT2D eigenvalue weighted by Crippen LogP contribution is -1.84. The van der Waals surface area contributed by atoms with E-state index in [-0.39, 0.29) is 0 Å². The lowest BCUT2D eigenvalue weighted by molar-refractivity contribution is 0.556. The molecule has 0 unspecified atom stereocenters. The highest BCUT2D eigenvalue weighted by atomic mass is 14.6. The van der Waals surface area contributed by atoms with Gasteiger partial charge >= 0.3 is 0 Å². The molecule has 0 aromatic carbocycles. The second-order valence-corrected chi connectivity index (χ2v) is 6.72. The molecule has 0 bridgehead atoms. The van der Waals surface area contributed by atoms with Gasteiger partial charge in [-0.3, -0.25) is 0 Å². The van der Waals surface area contributed by atoms with Gasteiger partial charge < -0.3 is 9.97 Å². The standard InChI is InChI=1S/C16H29N.C6H9N/c1-2-3-4-5-6-7-8-9-10-11-12-16-13-14-17-15-16;1-2-6-3-4-7-5-6/h13-15,17H,2-12H2,1H3;3-5,7H,2H2,1H3. The number of nitrogens with one attached hydrogen (secondary N) is 2. The second-order valence-electron chi connectivity index (χ2n) is 6.72. The molecule has 0 fully saturated rings. The van der Waals surface area contributed by atoms with E-state index in [0.29, 0.717) is 0 Å². The van der Waals surface area contributed by atoms with Crippen LogP contribution < -0.4 is 0 Å². The molecular formula is C22H38N2. The molecule has 2 aromatic rings. The van der Waals surface area contributed by atoms with Crippen molar-refractivity contribution >= 4 is 0 Å². The first-order valence-electron chi connectivity index (χ1n) is 10.1. The van der Waals surface area contributed by atoms with E-state index in [2.05, 4.69) is 42.1 Å². The minimum absolute atomic E-state index is 1.13. The molecule has 24 heavy (non-hydrogen) atoms. The quantitative estimate of drug-likeness (QED) is 0.391. The number of rotatable bonds is 12. The highest BCUT2D eigenvalue weighted by molar-refractivity contribution is 5.08. The Balaban J connectivity index is 0.000000341. The van der Waals surface area contributed by atoms with Crippen LogP contribution in [0, 0.1) is 0 Å². The third kappa shape index (κ3) is 11.2. The molecule has 0 radical (unpaired) electrons. The molecule has 2 aromatic heterocycles. The predicted molar refractivity (Wildman–Crippen MR) is 107 cm³/mol. The van der Waals surface area contributed by atoms with Crippen molar-refractivity contribution in [2.45, 2.75) is 90.9 Å². The molecule has 0 atom stereocenters. The molecule has 0 amide bonds. The summed E-state index contributed by atoms with van der Waals surface area (Å²) < 4.78 is 0. The predicted octanol–water partition coefficient (Wildman–Crippen LogP) is 7.06. The Kier molecular flexibility index (Phi) is 13.0.